The van der Waals surface area contributed by atoms with Gasteiger partial charge in [-0.05, 0) is 42.7 Å². The quantitative estimate of drug-likeness (QED) is 0.0919. The van der Waals surface area contributed by atoms with Crippen LogP contribution < -0.4 is 10.4 Å². The highest BCUT2D eigenvalue weighted by molar-refractivity contribution is 8.45. The maximum atomic E-state index is 13.0. The molecule has 3 rings (SSSR count). The molecule has 12 heteroatoms. The van der Waals surface area contributed by atoms with E-state index in [1.54, 1.807) is 12.1 Å². The predicted molar refractivity (Wildman–Crippen MR) is 150 cm³/mol. The second kappa shape index (κ2) is 12.8. The van der Waals surface area contributed by atoms with Gasteiger partial charge in [-0.15, -0.1) is 0 Å². The first-order chi connectivity index (χ1) is 19.1. The smallest absolute Gasteiger partial charge is 0.345 e. The molecule has 0 radical (unpaired) electrons. The first-order valence-electron chi connectivity index (χ1n) is 13.7. The molecule has 0 saturated carbocycles. The maximum Gasteiger partial charge on any atom is 0.345 e. The van der Waals surface area contributed by atoms with Crippen molar-refractivity contribution in [2.75, 3.05) is 13.2 Å². The van der Waals surface area contributed by atoms with Gasteiger partial charge in [0.2, 0.25) is 11.6 Å². The maximum absolute atomic E-state index is 13.0. The topological polar surface area (TPSA) is 78.6 Å². The number of rotatable bonds is 16. The Kier molecular flexibility index (Phi) is 10.1. The van der Waals surface area contributed by atoms with Gasteiger partial charge >= 0.3 is 21.8 Å². The number of carbonyl (C=O) groups is 1. The fourth-order valence-electron chi connectivity index (χ4n) is 4.11. The van der Waals surface area contributed by atoms with Crippen LogP contribution in [0.4, 0.5) is 19.4 Å². The van der Waals surface area contributed by atoms with Gasteiger partial charge in [-0.2, -0.15) is 4.98 Å². The molecule has 228 valence electrons. The van der Waals surface area contributed by atoms with Crippen LogP contribution in [0.2, 0.25) is 0 Å². The average Bonchev–Trinajstić information content (AvgIpc) is 2.89. The number of pyridine rings is 1. The molecule has 0 atom stereocenters. The van der Waals surface area contributed by atoms with Crippen molar-refractivity contribution in [2.45, 2.75) is 76.5 Å². The van der Waals surface area contributed by atoms with Crippen LogP contribution >= 0.6 is 10.2 Å². The lowest BCUT2D eigenvalue weighted by atomic mass is 10.1. The van der Waals surface area contributed by atoms with Crippen LogP contribution in [0.5, 0.6) is 5.88 Å². The Bertz CT molecular complexity index is 1380. The molecule has 0 unspecified atom stereocenters. The van der Waals surface area contributed by atoms with E-state index in [0.717, 1.165) is 69.9 Å². The Labute approximate surface area is 236 Å². The van der Waals surface area contributed by atoms with Gasteiger partial charge in [-0.25, -0.2) is 4.79 Å². The average molecular weight is 606 g/mol. The summed E-state index contributed by atoms with van der Waals surface area (Å²) in [7, 11) is -9.81. The van der Waals surface area contributed by atoms with Crippen LogP contribution in [0.25, 0.3) is 22.2 Å². The number of fused-ring (bicyclic) bond motifs is 1. The summed E-state index contributed by atoms with van der Waals surface area (Å²) in [5.41, 5.74) is -0.931. The zero-order valence-electron chi connectivity index (χ0n) is 23.2. The van der Waals surface area contributed by atoms with Crippen molar-refractivity contribution in [3.8, 4) is 17.0 Å². The summed E-state index contributed by atoms with van der Waals surface area (Å²) in [5.74, 6) is 0.0387. The lowest BCUT2D eigenvalue weighted by molar-refractivity contribution is -0.147. The lowest BCUT2D eigenvalue weighted by Gasteiger charge is -2.40. The zero-order valence-corrected chi connectivity index (χ0v) is 24.0. The first-order valence-corrected chi connectivity index (χ1v) is 15.7. The van der Waals surface area contributed by atoms with E-state index in [-0.39, 0.29) is 46.7 Å². The molecule has 0 aliphatic rings. The van der Waals surface area contributed by atoms with Crippen molar-refractivity contribution in [2.24, 2.45) is 5.92 Å². The molecule has 0 amide bonds. The largest absolute Gasteiger partial charge is 0.478 e. The number of nitrogens with zero attached hydrogens (tertiary/aromatic N) is 1. The summed E-state index contributed by atoms with van der Waals surface area (Å²) >= 11 is 0. The van der Waals surface area contributed by atoms with E-state index in [2.05, 4.69) is 4.98 Å². The molecule has 0 N–H and O–H groups in total. The summed E-state index contributed by atoms with van der Waals surface area (Å²) in [5, 5.41) is 0.403. The molecular weight excluding hydrogens is 569 g/mol. The molecule has 41 heavy (non-hydrogen) atoms. The van der Waals surface area contributed by atoms with Gasteiger partial charge in [-0.3, -0.25) is 4.79 Å². The van der Waals surface area contributed by atoms with Crippen LogP contribution in [-0.2, 0) is 9.53 Å². The van der Waals surface area contributed by atoms with Crippen LogP contribution in [0, 0.1) is 5.92 Å². The highest BCUT2D eigenvalue weighted by Crippen LogP contribution is 3.02. The number of hydrogen-bond donors (Lipinski definition) is 0. The van der Waals surface area contributed by atoms with Gasteiger partial charge in [0.15, 0.2) is 0 Å². The minimum Gasteiger partial charge on any atom is -0.478 e. The standard InChI is InChI=1S/C29H36F5NO5S/c1-21(2)28(36)39-19-11-9-7-5-3-4-6-8-10-18-38-26-17-14-23-20-25(29(37)40-27(23)35-26)22-12-15-24(16-13-22)41(30,31,32,33)34/h12-17,20-21H,3-11,18-19H2,1-2H3. The number of halogens is 5. The van der Waals surface area contributed by atoms with Crippen LogP contribution in [-0.4, -0.2) is 24.2 Å². The number of carbonyl (C=O) groups excluding carboxylic acids is 1. The third kappa shape index (κ3) is 10.3. The Morgan fingerprint density at radius 1 is 0.829 bits per heavy atom. The summed E-state index contributed by atoms with van der Waals surface area (Å²) < 4.78 is 80.9. The monoisotopic (exact) mass is 605 g/mol. The van der Waals surface area contributed by atoms with Crippen molar-refractivity contribution in [3.05, 3.63) is 52.9 Å². The molecule has 0 aliphatic heterocycles. The molecule has 0 spiro atoms. The van der Waals surface area contributed by atoms with E-state index in [1.807, 2.05) is 13.8 Å². The van der Waals surface area contributed by atoms with Crippen molar-refractivity contribution in [1.82, 2.24) is 4.98 Å². The lowest BCUT2D eigenvalue weighted by Crippen LogP contribution is -2.12. The number of aromatic nitrogens is 1. The number of esters is 1. The van der Waals surface area contributed by atoms with Crippen molar-refractivity contribution < 1.29 is 38.1 Å². The Morgan fingerprint density at radius 2 is 1.39 bits per heavy atom. The molecule has 3 aromatic rings. The van der Waals surface area contributed by atoms with Gasteiger partial charge in [0.1, 0.15) is 4.90 Å². The highest BCUT2D eigenvalue weighted by atomic mass is 32.5. The molecule has 0 fully saturated rings. The fourth-order valence-corrected chi connectivity index (χ4v) is 4.76. The number of ether oxygens (including phenoxy) is 2. The number of benzene rings is 1. The predicted octanol–water partition coefficient (Wildman–Crippen LogP) is 9.60. The van der Waals surface area contributed by atoms with Crippen LogP contribution in [0.3, 0.4) is 0 Å². The highest BCUT2D eigenvalue weighted by Gasteiger charge is 2.65. The molecule has 1 aromatic carbocycles. The number of hydrogen-bond acceptors (Lipinski definition) is 6. The molecule has 0 bridgehead atoms. The fraction of sp³-hybridized carbons (Fsp3) is 0.483. The van der Waals surface area contributed by atoms with Crippen molar-refractivity contribution >= 4 is 27.3 Å². The summed E-state index contributed by atoms with van der Waals surface area (Å²) in [6.45, 7) is 4.57. The van der Waals surface area contributed by atoms with E-state index in [4.69, 9.17) is 13.9 Å². The first kappa shape index (κ1) is 32.4. The van der Waals surface area contributed by atoms with Crippen molar-refractivity contribution in [3.63, 3.8) is 0 Å². The van der Waals surface area contributed by atoms with Crippen LogP contribution in [0.15, 0.2) is 56.6 Å². The molecule has 0 saturated heterocycles. The zero-order chi connectivity index (χ0) is 30.2. The third-order valence-corrected chi connectivity index (χ3v) is 7.60. The van der Waals surface area contributed by atoms with Gasteiger partial charge in [0.25, 0.3) is 0 Å². The van der Waals surface area contributed by atoms with E-state index < -0.39 is 20.7 Å². The molecule has 6 nitrogen and oxygen atoms in total. The minimum atomic E-state index is -9.81. The number of unbranched alkanes of at least 4 members (excludes halogenated alkanes) is 8. The van der Waals surface area contributed by atoms with Gasteiger partial charge < -0.3 is 13.9 Å². The van der Waals surface area contributed by atoms with Crippen LogP contribution in [0.1, 0.15) is 71.6 Å². The third-order valence-electron chi connectivity index (χ3n) is 6.44. The van der Waals surface area contributed by atoms with E-state index in [9.17, 15) is 29.0 Å². The van der Waals surface area contributed by atoms with E-state index in [1.165, 1.54) is 6.07 Å². The SMILES string of the molecule is CC(C)C(=O)OCCCCCCCCCCCOc1ccc2cc(-c3ccc(S(F)(F)(F)(F)F)cc3)c(=O)oc2n1. The Hall–Kier alpha value is -3.15. The second-order valence-corrected chi connectivity index (χ2v) is 12.7. The van der Waals surface area contributed by atoms with E-state index >= 15 is 0 Å². The normalized spacial score (nSPS) is 13.7. The Morgan fingerprint density at radius 3 is 1.95 bits per heavy atom. The summed E-state index contributed by atoms with van der Waals surface area (Å²) in [6.07, 6.45) is 9.42. The van der Waals surface area contributed by atoms with Gasteiger partial charge in [0.05, 0.1) is 24.7 Å². The molecule has 2 aromatic heterocycles. The minimum absolute atomic E-state index is 0.00189. The molecule has 2 heterocycles. The summed E-state index contributed by atoms with van der Waals surface area (Å²) in [6, 6.07) is 6.71. The molecular formula is C29H36F5NO5S. The van der Waals surface area contributed by atoms with Crippen molar-refractivity contribution in [1.29, 1.82) is 0 Å². The second-order valence-electron chi connectivity index (χ2n) is 10.3. The molecule has 0 aliphatic carbocycles. The van der Waals surface area contributed by atoms with Gasteiger partial charge in [0, 0.05) is 11.5 Å². The van der Waals surface area contributed by atoms with E-state index in [0.29, 0.717) is 18.6 Å². The van der Waals surface area contributed by atoms with Gasteiger partial charge in [-0.1, -0.05) is 90.4 Å². The summed E-state index contributed by atoms with van der Waals surface area (Å²) in [4.78, 5) is 26.0. The Balaban J connectivity index is 1.38.